The summed E-state index contributed by atoms with van der Waals surface area (Å²) in [5.41, 5.74) is 5.35. The third kappa shape index (κ3) is 3.23. The molecule has 0 radical (unpaired) electrons. The molecule has 0 unspecified atom stereocenters. The molecule has 2 N–H and O–H groups in total. The Bertz CT molecular complexity index is 728. The van der Waals surface area contributed by atoms with Gasteiger partial charge in [0.25, 0.3) is 5.91 Å². The molecule has 1 aromatic heterocycles. The molecule has 3 rings (SSSR count). The van der Waals surface area contributed by atoms with E-state index in [9.17, 15) is 4.79 Å². The number of carbonyl (C=O) groups is 1. The smallest absolute Gasteiger partial charge is 0.251 e. The van der Waals surface area contributed by atoms with Crippen LogP contribution in [0.15, 0.2) is 18.3 Å². The van der Waals surface area contributed by atoms with Gasteiger partial charge in [-0.05, 0) is 49.3 Å². The molecule has 1 heterocycles. The second-order valence-electron chi connectivity index (χ2n) is 6.74. The number of carbonyl (C=O) groups excluding carboxylic acids is 1. The van der Waals surface area contributed by atoms with Crippen molar-refractivity contribution < 1.29 is 4.79 Å². The van der Waals surface area contributed by atoms with E-state index in [4.69, 9.17) is 0 Å². The molecular formula is C20H27N3O. The minimum absolute atomic E-state index is 0.0194. The first-order valence-electron chi connectivity index (χ1n) is 9.11. The van der Waals surface area contributed by atoms with Crippen molar-refractivity contribution in [2.45, 2.75) is 58.8 Å². The van der Waals surface area contributed by atoms with Crippen molar-refractivity contribution in [1.29, 1.82) is 0 Å². The van der Waals surface area contributed by atoms with Crippen LogP contribution < -0.4 is 5.32 Å². The van der Waals surface area contributed by atoms with Gasteiger partial charge in [-0.15, -0.1) is 0 Å². The second kappa shape index (κ2) is 7.20. The third-order valence-corrected chi connectivity index (χ3v) is 4.98. The number of nitrogens with zero attached hydrogens (tertiary/aromatic N) is 1. The molecule has 2 aromatic rings. The van der Waals surface area contributed by atoms with Gasteiger partial charge in [0.2, 0.25) is 0 Å². The van der Waals surface area contributed by atoms with Crippen molar-refractivity contribution in [2.24, 2.45) is 0 Å². The topological polar surface area (TPSA) is 57.8 Å². The van der Waals surface area contributed by atoms with E-state index < -0.39 is 0 Å². The summed E-state index contributed by atoms with van der Waals surface area (Å²) in [6.45, 7) is 6.91. The molecule has 0 aliphatic heterocycles. The Hall–Kier alpha value is -2.10. The monoisotopic (exact) mass is 325 g/mol. The summed E-state index contributed by atoms with van der Waals surface area (Å²) < 4.78 is 0. The van der Waals surface area contributed by atoms with Gasteiger partial charge in [-0.3, -0.25) is 4.79 Å². The van der Waals surface area contributed by atoms with Crippen LogP contribution >= 0.6 is 0 Å². The Morgan fingerprint density at radius 3 is 2.71 bits per heavy atom. The molecule has 128 valence electrons. The number of rotatable bonds is 6. The quantitative estimate of drug-likeness (QED) is 0.829. The fourth-order valence-corrected chi connectivity index (χ4v) is 3.28. The van der Waals surface area contributed by atoms with Gasteiger partial charge < -0.3 is 10.3 Å². The second-order valence-corrected chi connectivity index (χ2v) is 6.74. The summed E-state index contributed by atoms with van der Waals surface area (Å²) >= 11 is 0. The van der Waals surface area contributed by atoms with Crippen molar-refractivity contribution in [1.82, 2.24) is 15.3 Å². The van der Waals surface area contributed by atoms with E-state index in [0.717, 1.165) is 41.1 Å². The highest BCUT2D eigenvalue weighted by Gasteiger charge is 2.25. The number of aryl methyl sites for hydroxylation is 2. The Labute approximate surface area is 144 Å². The third-order valence-electron chi connectivity index (χ3n) is 4.98. The standard InChI is InChI=1S/C20H27N3O/c1-4-9-21-20(24)15-11-17(18-12-22-19(5-2)23-18)16(10-13(15)3)14-7-6-8-14/h10-12,14H,4-9H2,1-3H3,(H,21,24)(H,22,23). The van der Waals surface area contributed by atoms with Crippen LogP contribution in [-0.4, -0.2) is 22.4 Å². The minimum Gasteiger partial charge on any atom is -0.352 e. The number of aromatic amines is 1. The fraction of sp³-hybridized carbons (Fsp3) is 0.500. The van der Waals surface area contributed by atoms with Gasteiger partial charge >= 0.3 is 0 Å². The molecule has 1 aromatic carbocycles. The van der Waals surface area contributed by atoms with Gasteiger partial charge in [0, 0.05) is 24.1 Å². The summed E-state index contributed by atoms with van der Waals surface area (Å²) in [5, 5.41) is 3.00. The number of hydrogen-bond acceptors (Lipinski definition) is 2. The van der Waals surface area contributed by atoms with Gasteiger partial charge in [-0.25, -0.2) is 4.98 Å². The first-order chi connectivity index (χ1) is 11.6. The Morgan fingerprint density at radius 1 is 1.33 bits per heavy atom. The number of imidazole rings is 1. The first kappa shape index (κ1) is 16.7. The summed E-state index contributed by atoms with van der Waals surface area (Å²) in [7, 11) is 0. The first-order valence-corrected chi connectivity index (χ1v) is 9.11. The fourth-order valence-electron chi connectivity index (χ4n) is 3.28. The van der Waals surface area contributed by atoms with Gasteiger partial charge in [-0.1, -0.05) is 26.3 Å². The van der Waals surface area contributed by atoms with E-state index in [1.165, 1.54) is 24.8 Å². The maximum absolute atomic E-state index is 12.5. The van der Waals surface area contributed by atoms with Gasteiger partial charge in [-0.2, -0.15) is 0 Å². The van der Waals surface area contributed by atoms with E-state index in [1.54, 1.807) is 0 Å². The predicted octanol–water partition coefficient (Wildman–Crippen LogP) is 4.35. The van der Waals surface area contributed by atoms with Crippen LogP contribution in [0.2, 0.25) is 0 Å². The summed E-state index contributed by atoms with van der Waals surface area (Å²) in [6, 6.07) is 4.27. The SMILES string of the molecule is CCCNC(=O)c1cc(-c2cnc(CC)[nH]2)c(C2CCC2)cc1C. The lowest BCUT2D eigenvalue weighted by Crippen LogP contribution is -2.25. The summed E-state index contributed by atoms with van der Waals surface area (Å²) in [5.74, 6) is 1.62. The molecule has 4 heteroatoms. The van der Waals surface area contributed by atoms with Crippen molar-refractivity contribution in [2.75, 3.05) is 6.54 Å². The Balaban J connectivity index is 2.03. The lowest BCUT2D eigenvalue weighted by Gasteiger charge is -2.28. The highest BCUT2D eigenvalue weighted by Crippen LogP contribution is 2.41. The molecule has 0 saturated heterocycles. The molecule has 4 nitrogen and oxygen atoms in total. The Kier molecular flexibility index (Phi) is 5.03. The summed E-state index contributed by atoms with van der Waals surface area (Å²) in [4.78, 5) is 20.4. The molecule has 0 atom stereocenters. The summed E-state index contributed by atoms with van der Waals surface area (Å²) in [6.07, 6.45) is 7.50. The number of hydrogen-bond donors (Lipinski definition) is 2. The van der Waals surface area contributed by atoms with Crippen LogP contribution in [0, 0.1) is 6.92 Å². The van der Waals surface area contributed by atoms with Crippen LogP contribution in [0.3, 0.4) is 0 Å². The predicted molar refractivity (Wildman–Crippen MR) is 97.4 cm³/mol. The minimum atomic E-state index is 0.0194. The molecule has 1 amide bonds. The molecule has 1 aliphatic rings. The average Bonchev–Trinajstić information content (AvgIpc) is 3.00. The zero-order chi connectivity index (χ0) is 17.1. The molecule has 1 saturated carbocycles. The maximum atomic E-state index is 12.5. The van der Waals surface area contributed by atoms with Crippen molar-refractivity contribution in [3.05, 3.63) is 40.8 Å². The van der Waals surface area contributed by atoms with Crippen LogP contribution in [0.4, 0.5) is 0 Å². The lowest BCUT2D eigenvalue weighted by molar-refractivity contribution is 0.0953. The zero-order valence-electron chi connectivity index (χ0n) is 14.9. The van der Waals surface area contributed by atoms with Crippen LogP contribution in [0.25, 0.3) is 11.3 Å². The van der Waals surface area contributed by atoms with Crippen LogP contribution in [-0.2, 0) is 6.42 Å². The van der Waals surface area contributed by atoms with E-state index in [1.807, 2.05) is 13.1 Å². The normalized spacial score (nSPS) is 14.5. The lowest BCUT2D eigenvalue weighted by atomic mass is 9.76. The van der Waals surface area contributed by atoms with Gasteiger partial charge in [0.15, 0.2) is 0 Å². The number of amides is 1. The van der Waals surface area contributed by atoms with Crippen molar-refractivity contribution in [3.63, 3.8) is 0 Å². The van der Waals surface area contributed by atoms with Crippen molar-refractivity contribution >= 4 is 5.91 Å². The zero-order valence-corrected chi connectivity index (χ0v) is 14.9. The number of benzene rings is 1. The molecule has 1 aliphatic carbocycles. The van der Waals surface area contributed by atoms with Gasteiger partial charge in [0.05, 0.1) is 11.9 Å². The molecule has 24 heavy (non-hydrogen) atoms. The number of nitrogens with one attached hydrogen (secondary N) is 2. The van der Waals surface area contributed by atoms with Crippen LogP contribution in [0.5, 0.6) is 0 Å². The highest BCUT2D eigenvalue weighted by atomic mass is 16.1. The maximum Gasteiger partial charge on any atom is 0.251 e. The van der Waals surface area contributed by atoms with E-state index in [-0.39, 0.29) is 5.91 Å². The number of H-pyrrole nitrogens is 1. The molecule has 0 spiro atoms. The van der Waals surface area contributed by atoms with Gasteiger partial charge in [0.1, 0.15) is 5.82 Å². The van der Waals surface area contributed by atoms with E-state index in [0.29, 0.717) is 12.5 Å². The van der Waals surface area contributed by atoms with Crippen molar-refractivity contribution in [3.8, 4) is 11.3 Å². The highest BCUT2D eigenvalue weighted by molar-refractivity contribution is 5.97. The average molecular weight is 325 g/mol. The molecule has 1 fully saturated rings. The Morgan fingerprint density at radius 2 is 2.12 bits per heavy atom. The largest absolute Gasteiger partial charge is 0.352 e. The number of aromatic nitrogens is 2. The molecular weight excluding hydrogens is 298 g/mol. The van der Waals surface area contributed by atoms with E-state index >= 15 is 0 Å². The molecule has 0 bridgehead atoms. The van der Waals surface area contributed by atoms with E-state index in [2.05, 4.69) is 41.3 Å². The van der Waals surface area contributed by atoms with Crippen LogP contribution in [0.1, 0.15) is 72.8 Å².